The highest BCUT2D eigenvalue weighted by Gasteiger charge is 2.26. The SMILES string of the molecule is Cc1ccc(CC2CCC(C(=O)O)CC2)c(C)c1. The van der Waals surface area contributed by atoms with Gasteiger partial charge in [0.25, 0.3) is 0 Å². The maximum atomic E-state index is 10.9. The van der Waals surface area contributed by atoms with Crippen molar-refractivity contribution in [3.8, 4) is 0 Å². The van der Waals surface area contributed by atoms with Gasteiger partial charge in [0.1, 0.15) is 0 Å². The zero-order valence-electron chi connectivity index (χ0n) is 11.3. The summed E-state index contributed by atoms with van der Waals surface area (Å²) in [6.07, 6.45) is 4.93. The standard InChI is InChI=1S/C16H22O2/c1-11-3-6-15(12(2)9-11)10-13-4-7-14(8-5-13)16(17)18/h3,6,9,13-14H,4-5,7-8,10H2,1-2H3,(H,17,18). The third kappa shape index (κ3) is 3.12. The molecule has 0 atom stereocenters. The van der Waals surface area contributed by atoms with Gasteiger partial charge in [-0.15, -0.1) is 0 Å². The van der Waals surface area contributed by atoms with Crippen LogP contribution in [0.4, 0.5) is 0 Å². The fourth-order valence-corrected chi connectivity index (χ4v) is 3.00. The van der Waals surface area contributed by atoms with Gasteiger partial charge in [-0.05, 0) is 63.0 Å². The average molecular weight is 246 g/mol. The third-order valence-electron chi connectivity index (χ3n) is 4.20. The van der Waals surface area contributed by atoms with Crippen molar-refractivity contribution in [2.75, 3.05) is 0 Å². The molecular weight excluding hydrogens is 224 g/mol. The van der Waals surface area contributed by atoms with Crippen LogP contribution < -0.4 is 0 Å². The van der Waals surface area contributed by atoms with Gasteiger partial charge >= 0.3 is 5.97 Å². The number of carbonyl (C=O) groups is 1. The van der Waals surface area contributed by atoms with E-state index >= 15 is 0 Å². The van der Waals surface area contributed by atoms with Gasteiger partial charge in [-0.2, -0.15) is 0 Å². The minimum absolute atomic E-state index is 0.0969. The molecule has 0 saturated heterocycles. The highest BCUT2D eigenvalue weighted by molar-refractivity contribution is 5.69. The predicted octanol–water partition coefficient (Wildman–Crippen LogP) is 3.74. The Kier molecular flexibility index (Phi) is 4.05. The van der Waals surface area contributed by atoms with Crippen LogP contribution in [-0.2, 0) is 11.2 Å². The Hall–Kier alpha value is -1.31. The van der Waals surface area contributed by atoms with E-state index in [-0.39, 0.29) is 5.92 Å². The van der Waals surface area contributed by atoms with Crippen LogP contribution in [0.2, 0.25) is 0 Å². The van der Waals surface area contributed by atoms with Gasteiger partial charge in [-0.3, -0.25) is 4.79 Å². The largest absolute Gasteiger partial charge is 0.481 e. The second-order valence-corrected chi connectivity index (χ2v) is 5.69. The first-order chi connectivity index (χ1) is 8.56. The van der Waals surface area contributed by atoms with E-state index in [9.17, 15) is 4.79 Å². The second-order valence-electron chi connectivity index (χ2n) is 5.69. The molecule has 1 N–H and O–H groups in total. The Morgan fingerprint density at radius 1 is 1.22 bits per heavy atom. The molecule has 2 rings (SSSR count). The van der Waals surface area contributed by atoms with Gasteiger partial charge < -0.3 is 5.11 Å². The van der Waals surface area contributed by atoms with Crippen LogP contribution in [0, 0.1) is 25.7 Å². The highest BCUT2D eigenvalue weighted by Crippen LogP contribution is 2.31. The summed E-state index contributed by atoms with van der Waals surface area (Å²) in [7, 11) is 0. The van der Waals surface area contributed by atoms with Crippen LogP contribution in [-0.4, -0.2) is 11.1 Å². The van der Waals surface area contributed by atoms with Crippen LogP contribution in [0.1, 0.15) is 42.4 Å². The molecule has 0 heterocycles. The zero-order chi connectivity index (χ0) is 13.1. The van der Waals surface area contributed by atoms with Crippen LogP contribution in [0.25, 0.3) is 0 Å². The molecule has 0 aromatic heterocycles. The second kappa shape index (κ2) is 5.55. The minimum Gasteiger partial charge on any atom is -0.481 e. The molecule has 98 valence electrons. The minimum atomic E-state index is -0.611. The predicted molar refractivity (Wildman–Crippen MR) is 72.7 cm³/mol. The van der Waals surface area contributed by atoms with E-state index in [2.05, 4.69) is 32.0 Å². The lowest BCUT2D eigenvalue weighted by Gasteiger charge is -2.26. The number of rotatable bonds is 3. The summed E-state index contributed by atoms with van der Waals surface area (Å²) >= 11 is 0. The highest BCUT2D eigenvalue weighted by atomic mass is 16.4. The Labute approximate surface area is 109 Å². The first kappa shape index (κ1) is 13.1. The lowest BCUT2D eigenvalue weighted by molar-refractivity contribution is -0.143. The van der Waals surface area contributed by atoms with Gasteiger partial charge in [0.15, 0.2) is 0 Å². The lowest BCUT2D eigenvalue weighted by atomic mass is 9.79. The number of hydrogen-bond acceptors (Lipinski definition) is 1. The molecular formula is C16H22O2. The first-order valence-electron chi connectivity index (χ1n) is 6.85. The third-order valence-corrected chi connectivity index (χ3v) is 4.20. The van der Waals surface area contributed by atoms with Crippen molar-refractivity contribution in [3.63, 3.8) is 0 Å². The molecule has 1 aromatic carbocycles. The summed E-state index contributed by atoms with van der Waals surface area (Å²) in [5, 5.41) is 8.99. The van der Waals surface area contributed by atoms with Crippen LogP contribution in [0.15, 0.2) is 18.2 Å². The quantitative estimate of drug-likeness (QED) is 0.882. The Balaban J connectivity index is 1.93. The summed E-state index contributed by atoms with van der Waals surface area (Å²) in [4.78, 5) is 10.9. The maximum absolute atomic E-state index is 10.9. The smallest absolute Gasteiger partial charge is 0.306 e. The molecule has 0 bridgehead atoms. The van der Waals surface area contributed by atoms with Gasteiger partial charge in [0.2, 0.25) is 0 Å². The molecule has 1 saturated carbocycles. The molecule has 2 nitrogen and oxygen atoms in total. The summed E-state index contributed by atoms with van der Waals surface area (Å²) in [6, 6.07) is 6.64. The van der Waals surface area contributed by atoms with Crippen molar-refractivity contribution < 1.29 is 9.90 Å². The number of carboxylic acids is 1. The van der Waals surface area contributed by atoms with E-state index in [0.717, 1.165) is 32.1 Å². The molecule has 0 spiro atoms. The molecule has 1 aliphatic rings. The molecule has 0 aliphatic heterocycles. The van der Waals surface area contributed by atoms with E-state index in [0.29, 0.717) is 5.92 Å². The molecule has 1 aromatic rings. The molecule has 1 fully saturated rings. The Morgan fingerprint density at radius 2 is 1.89 bits per heavy atom. The van der Waals surface area contributed by atoms with Gasteiger partial charge in [0, 0.05) is 0 Å². The van der Waals surface area contributed by atoms with Gasteiger partial charge in [-0.1, -0.05) is 23.8 Å². The van der Waals surface area contributed by atoms with Gasteiger partial charge in [0.05, 0.1) is 5.92 Å². The number of carboxylic acid groups (broad SMARTS) is 1. The van der Waals surface area contributed by atoms with Gasteiger partial charge in [-0.25, -0.2) is 0 Å². The van der Waals surface area contributed by atoms with E-state index < -0.39 is 5.97 Å². The van der Waals surface area contributed by atoms with Crippen LogP contribution >= 0.6 is 0 Å². The van der Waals surface area contributed by atoms with E-state index in [4.69, 9.17) is 5.11 Å². The van der Waals surface area contributed by atoms with Crippen LogP contribution in [0.3, 0.4) is 0 Å². The van der Waals surface area contributed by atoms with Crippen LogP contribution in [0.5, 0.6) is 0 Å². The number of benzene rings is 1. The monoisotopic (exact) mass is 246 g/mol. The molecule has 2 heteroatoms. The molecule has 0 radical (unpaired) electrons. The Morgan fingerprint density at radius 3 is 2.44 bits per heavy atom. The average Bonchev–Trinajstić information content (AvgIpc) is 2.33. The van der Waals surface area contributed by atoms with Crippen molar-refractivity contribution in [1.82, 2.24) is 0 Å². The van der Waals surface area contributed by atoms with E-state index in [1.807, 2.05) is 0 Å². The van der Waals surface area contributed by atoms with Crippen molar-refractivity contribution >= 4 is 5.97 Å². The van der Waals surface area contributed by atoms with Crippen molar-refractivity contribution in [2.45, 2.75) is 46.0 Å². The molecule has 1 aliphatic carbocycles. The van der Waals surface area contributed by atoms with Crippen molar-refractivity contribution in [1.29, 1.82) is 0 Å². The van der Waals surface area contributed by atoms with Crippen molar-refractivity contribution in [2.24, 2.45) is 11.8 Å². The number of aryl methyl sites for hydroxylation is 2. The summed E-state index contributed by atoms with van der Waals surface area (Å²) < 4.78 is 0. The number of hydrogen-bond donors (Lipinski definition) is 1. The maximum Gasteiger partial charge on any atom is 0.306 e. The lowest BCUT2D eigenvalue weighted by Crippen LogP contribution is -2.22. The fourth-order valence-electron chi connectivity index (χ4n) is 3.00. The molecule has 18 heavy (non-hydrogen) atoms. The fraction of sp³-hybridized carbons (Fsp3) is 0.562. The summed E-state index contributed by atoms with van der Waals surface area (Å²) in [6.45, 7) is 4.29. The van der Waals surface area contributed by atoms with Crippen molar-refractivity contribution in [3.05, 3.63) is 34.9 Å². The van der Waals surface area contributed by atoms with E-state index in [1.54, 1.807) is 0 Å². The Bertz CT molecular complexity index is 429. The normalized spacial score (nSPS) is 23.9. The topological polar surface area (TPSA) is 37.3 Å². The molecule has 0 unspecified atom stereocenters. The number of aliphatic carboxylic acids is 1. The zero-order valence-corrected chi connectivity index (χ0v) is 11.3. The first-order valence-corrected chi connectivity index (χ1v) is 6.85. The molecule has 0 amide bonds. The summed E-state index contributed by atoms with van der Waals surface area (Å²) in [5.74, 6) is -0.0395. The van der Waals surface area contributed by atoms with E-state index in [1.165, 1.54) is 16.7 Å². The summed E-state index contributed by atoms with van der Waals surface area (Å²) in [5.41, 5.74) is 4.11.